The van der Waals surface area contributed by atoms with Gasteiger partial charge in [-0.15, -0.1) is 6.58 Å². The van der Waals surface area contributed by atoms with Gasteiger partial charge >= 0.3 is 0 Å². The van der Waals surface area contributed by atoms with Gasteiger partial charge in [0.05, 0.1) is 0 Å². The molecule has 0 fully saturated rings. The van der Waals surface area contributed by atoms with E-state index in [0.29, 0.717) is 6.04 Å². The molecule has 0 aromatic rings. The molecule has 0 radical (unpaired) electrons. The third-order valence-electron chi connectivity index (χ3n) is 2.83. The minimum atomic E-state index is 0.381. The van der Waals surface area contributed by atoms with Crippen molar-refractivity contribution < 1.29 is 0 Å². The topological polar surface area (TPSA) is 26.0 Å². The maximum Gasteiger partial charge on any atom is 0.00702 e. The van der Waals surface area contributed by atoms with Crippen molar-refractivity contribution in [1.82, 2.24) is 0 Å². The maximum absolute atomic E-state index is 6.20. The van der Waals surface area contributed by atoms with E-state index in [2.05, 4.69) is 27.4 Å². The summed E-state index contributed by atoms with van der Waals surface area (Å²) in [6.45, 7) is 10.5. The Labute approximate surface area is 89.8 Å². The van der Waals surface area contributed by atoms with Gasteiger partial charge in [0.15, 0.2) is 0 Å². The van der Waals surface area contributed by atoms with E-state index in [1.54, 1.807) is 0 Å². The van der Waals surface area contributed by atoms with Crippen LogP contribution in [0.5, 0.6) is 0 Å². The SMILES string of the molecule is C=C(C)CCC(N)C(CCC)CCC. The highest BCUT2D eigenvalue weighted by Crippen LogP contribution is 2.20. The monoisotopic (exact) mass is 197 g/mol. The summed E-state index contributed by atoms with van der Waals surface area (Å²) in [4.78, 5) is 0. The van der Waals surface area contributed by atoms with Crippen LogP contribution in [0.1, 0.15) is 59.3 Å². The fourth-order valence-corrected chi connectivity index (χ4v) is 1.96. The Morgan fingerprint density at radius 2 is 1.64 bits per heavy atom. The van der Waals surface area contributed by atoms with Crippen LogP contribution >= 0.6 is 0 Å². The molecular formula is C13H27N. The van der Waals surface area contributed by atoms with Crippen LogP contribution in [0.3, 0.4) is 0 Å². The van der Waals surface area contributed by atoms with Crippen molar-refractivity contribution in [2.24, 2.45) is 11.7 Å². The molecular weight excluding hydrogens is 170 g/mol. The quantitative estimate of drug-likeness (QED) is 0.587. The van der Waals surface area contributed by atoms with Gasteiger partial charge in [-0.1, -0.05) is 32.3 Å². The van der Waals surface area contributed by atoms with E-state index >= 15 is 0 Å². The van der Waals surface area contributed by atoms with Crippen molar-refractivity contribution in [3.05, 3.63) is 12.2 Å². The zero-order valence-electron chi connectivity index (χ0n) is 10.2. The number of hydrogen-bond donors (Lipinski definition) is 1. The lowest BCUT2D eigenvalue weighted by atomic mass is 9.88. The van der Waals surface area contributed by atoms with Gasteiger partial charge in [-0.2, -0.15) is 0 Å². The molecule has 1 nitrogen and oxygen atoms in total. The maximum atomic E-state index is 6.20. The molecule has 0 rings (SSSR count). The van der Waals surface area contributed by atoms with E-state index in [4.69, 9.17) is 5.73 Å². The second-order valence-corrected chi connectivity index (χ2v) is 4.50. The Morgan fingerprint density at radius 1 is 1.14 bits per heavy atom. The van der Waals surface area contributed by atoms with Crippen LogP contribution in [-0.2, 0) is 0 Å². The van der Waals surface area contributed by atoms with Crippen LogP contribution < -0.4 is 5.73 Å². The second-order valence-electron chi connectivity index (χ2n) is 4.50. The number of hydrogen-bond acceptors (Lipinski definition) is 1. The number of nitrogens with two attached hydrogens (primary N) is 1. The fourth-order valence-electron chi connectivity index (χ4n) is 1.96. The van der Waals surface area contributed by atoms with Gasteiger partial charge in [0.1, 0.15) is 0 Å². The highest BCUT2D eigenvalue weighted by molar-refractivity contribution is 4.89. The molecule has 14 heavy (non-hydrogen) atoms. The first-order chi connectivity index (χ1) is 6.61. The predicted molar refractivity (Wildman–Crippen MR) is 65.3 cm³/mol. The van der Waals surface area contributed by atoms with Gasteiger partial charge in [0, 0.05) is 6.04 Å². The average molecular weight is 197 g/mol. The first-order valence-corrected chi connectivity index (χ1v) is 6.01. The molecule has 0 aliphatic carbocycles. The lowest BCUT2D eigenvalue weighted by molar-refractivity contribution is 0.347. The molecule has 1 heteroatoms. The molecule has 0 aromatic heterocycles. The van der Waals surface area contributed by atoms with Crippen LogP contribution in [0, 0.1) is 5.92 Å². The Bertz CT molecular complexity index is 145. The van der Waals surface area contributed by atoms with Gasteiger partial charge in [-0.25, -0.2) is 0 Å². The molecule has 0 aliphatic heterocycles. The molecule has 0 amide bonds. The molecule has 2 N–H and O–H groups in total. The molecule has 84 valence electrons. The molecule has 0 spiro atoms. The first kappa shape index (κ1) is 13.7. The summed E-state index contributed by atoms with van der Waals surface area (Å²) in [6.07, 6.45) is 7.28. The molecule has 0 heterocycles. The van der Waals surface area contributed by atoms with E-state index in [9.17, 15) is 0 Å². The van der Waals surface area contributed by atoms with Gasteiger partial charge in [-0.3, -0.25) is 0 Å². The minimum Gasteiger partial charge on any atom is -0.327 e. The molecule has 0 bridgehead atoms. The Hall–Kier alpha value is -0.300. The van der Waals surface area contributed by atoms with Crippen molar-refractivity contribution in [2.45, 2.75) is 65.3 Å². The van der Waals surface area contributed by atoms with Gasteiger partial charge < -0.3 is 5.73 Å². The summed E-state index contributed by atoms with van der Waals surface area (Å²) < 4.78 is 0. The Morgan fingerprint density at radius 3 is 2.00 bits per heavy atom. The van der Waals surface area contributed by atoms with Crippen molar-refractivity contribution >= 4 is 0 Å². The van der Waals surface area contributed by atoms with Crippen LogP contribution in [-0.4, -0.2) is 6.04 Å². The Kier molecular flexibility index (Phi) is 7.87. The van der Waals surface area contributed by atoms with Crippen LogP contribution in [0.2, 0.25) is 0 Å². The second kappa shape index (κ2) is 8.05. The van der Waals surface area contributed by atoms with E-state index in [1.165, 1.54) is 31.3 Å². The van der Waals surface area contributed by atoms with Gasteiger partial charge in [0.25, 0.3) is 0 Å². The molecule has 1 unspecified atom stereocenters. The molecule has 0 aliphatic rings. The lowest BCUT2D eigenvalue weighted by Gasteiger charge is -2.23. The van der Waals surface area contributed by atoms with Crippen molar-refractivity contribution in [3.8, 4) is 0 Å². The summed E-state index contributed by atoms with van der Waals surface area (Å²) in [5.41, 5.74) is 7.45. The third-order valence-corrected chi connectivity index (χ3v) is 2.83. The molecule has 0 saturated carbocycles. The van der Waals surface area contributed by atoms with Crippen molar-refractivity contribution in [1.29, 1.82) is 0 Å². The molecule has 1 atom stereocenters. The first-order valence-electron chi connectivity index (χ1n) is 6.01. The molecule has 0 saturated heterocycles. The normalized spacial score (nSPS) is 13.2. The van der Waals surface area contributed by atoms with E-state index < -0.39 is 0 Å². The van der Waals surface area contributed by atoms with E-state index in [0.717, 1.165) is 18.8 Å². The smallest absolute Gasteiger partial charge is 0.00702 e. The van der Waals surface area contributed by atoms with Crippen LogP contribution in [0.4, 0.5) is 0 Å². The minimum absolute atomic E-state index is 0.381. The highest BCUT2D eigenvalue weighted by Gasteiger charge is 2.15. The van der Waals surface area contributed by atoms with E-state index in [1.807, 2.05) is 0 Å². The van der Waals surface area contributed by atoms with Crippen molar-refractivity contribution in [3.63, 3.8) is 0 Å². The van der Waals surface area contributed by atoms with Crippen LogP contribution in [0.15, 0.2) is 12.2 Å². The van der Waals surface area contributed by atoms with Crippen molar-refractivity contribution in [2.75, 3.05) is 0 Å². The summed E-state index contributed by atoms with van der Waals surface area (Å²) in [5.74, 6) is 0.726. The molecule has 0 aromatic carbocycles. The zero-order valence-corrected chi connectivity index (χ0v) is 10.2. The summed E-state index contributed by atoms with van der Waals surface area (Å²) >= 11 is 0. The van der Waals surface area contributed by atoms with Gasteiger partial charge in [0.2, 0.25) is 0 Å². The van der Waals surface area contributed by atoms with Crippen LogP contribution in [0.25, 0.3) is 0 Å². The summed E-state index contributed by atoms with van der Waals surface area (Å²) in [5, 5.41) is 0. The Balaban J connectivity index is 3.86. The van der Waals surface area contributed by atoms with E-state index in [-0.39, 0.29) is 0 Å². The summed E-state index contributed by atoms with van der Waals surface area (Å²) in [6, 6.07) is 0.381. The lowest BCUT2D eigenvalue weighted by Crippen LogP contribution is -2.30. The predicted octanol–water partition coefficient (Wildman–Crippen LogP) is 3.89. The number of rotatable bonds is 8. The third kappa shape index (κ3) is 6.20. The highest BCUT2D eigenvalue weighted by atomic mass is 14.6. The summed E-state index contributed by atoms with van der Waals surface area (Å²) in [7, 11) is 0. The van der Waals surface area contributed by atoms with Gasteiger partial charge in [-0.05, 0) is 38.5 Å². The average Bonchev–Trinajstić information content (AvgIpc) is 2.14. The fraction of sp³-hybridized carbons (Fsp3) is 0.846. The number of allylic oxidation sites excluding steroid dienone is 1. The largest absolute Gasteiger partial charge is 0.327 e. The zero-order chi connectivity index (χ0) is 11.0. The standard InChI is InChI=1S/C13H27N/c1-5-7-12(8-6-2)13(14)10-9-11(3)4/h12-13H,3,5-10,14H2,1-2,4H3.